The second-order valence-electron chi connectivity index (χ2n) is 5.32. The molecule has 4 N–H and O–H groups in total. The molecule has 0 saturated carbocycles. The summed E-state index contributed by atoms with van der Waals surface area (Å²) in [5.74, 6) is -0.420. The summed E-state index contributed by atoms with van der Waals surface area (Å²) in [6, 6.07) is 4.23. The van der Waals surface area contributed by atoms with Gasteiger partial charge in [0.1, 0.15) is 11.4 Å². The number of hydrogen-bond acceptors (Lipinski definition) is 5. The number of phenolic OH excluding ortho intramolecular Hbond substituents is 1. The van der Waals surface area contributed by atoms with E-state index >= 15 is 0 Å². The quantitative estimate of drug-likeness (QED) is 0.580. The van der Waals surface area contributed by atoms with Crippen LogP contribution in [0.15, 0.2) is 18.2 Å². The van der Waals surface area contributed by atoms with Crippen molar-refractivity contribution < 1.29 is 19.4 Å². The maximum absolute atomic E-state index is 11.7. The topological polar surface area (TPSA) is 102 Å². The molecule has 20 heavy (non-hydrogen) atoms. The number of benzene rings is 1. The lowest BCUT2D eigenvalue weighted by atomic mass is 10.1. The standard InChI is InChI=1S/C14H20N2O4/c1-14(2,3)20-13(19)16-9-4-5-11(17)10(8-9)12(18)6-7-15/h4-5,8,17H,6-7,15H2,1-3H3,(H,16,19). The van der Waals surface area contributed by atoms with Crippen LogP contribution >= 0.6 is 0 Å². The normalized spacial score (nSPS) is 11.0. The minimum absolute atomic E-state index is 0.128. The van der Waals surface area contributed by atoms with Gasteiger partial charge in [0.2, 0.25) is 0 Å². The molecule has 0 atom stereocenters. The van der Waals surface area contributed by atoms with Crippen LogP contribution in [-0.2, 0) is 4.74 Å². The van der Waals surface area contributed by atoms with E-state index in [-0.39, 0.29) is 30.1 Å². The third-order valence-electron chi connectivity index (χ3n) is 2.31. The molecule has 1 aromatic rings. The van der Waals surface area contributed by atoms with Crippen molar-refractivity contribution in [3.8, 4) is 5.75 Å². The summed E-state index contributed by atoms with van der Waals surface area (Å²) in [4.78, 5) is 23.4. The van der Waals surface area contributed by atoms with Gasteiger partial charge in [-0.2, -0.15) is 0 Å². The number of carbonyl (C=O) groups is 2. The first-order valence-corrected chi connectivity index (χ1v) is 6.29. The Kier molecular flexibility index (Phi) is 5.10. The van der Waals surface area contributed by atoms with E-state index in [4.69, 9.17) is 10.5 Å². The van der Waals surface area contributed by atoms with Crippen molar-refractivity contribution >= 4 is 17.6 Å². The summed E-state index contributed by atoms with van der Waals surface area (Å²) in [6.45, 7) is 5.45. The zero-order valence-electron chi connectivity index (χ0n) is 11.9. The smallest absolute Gasteiger partial charge is 0.412 e. The Bertz CT molecular complexity index is 506. The molecular formula is C14H20N2O4. The van der Waals surface area contributed by atoms with E-state index in [1.54, 1.807) is 20.8 Å². The average Bonchev–Trinajstić information content (AvgIpc) is 2.29. The molecule has 1 aromatic carbocycles. The molecule has 0 aromatic heterocycles. The van der Waals surface area contributed by atoms with E-state index in [0.717, 1.165) is 0 Å². The van der Waals surface area contributed by atoms with Gasteiger partial charge in [0.15, 0.2) is 5.78 Å². The third kappa shape index (κ3) is 4.89. The first kappa shape index (κ1) is 16.0. The number of hydrogen-bond donors (Lipinski definition) is 3. The number of rotatable bonds is 4. The number of nitrogens with one attached hydrogen (secondary N) is 1. The Hall–Kier alpha value is -2.08. The average molecular weight is 280 g/mol. The number of ketones is 1. The van der Waals surface area contributed by atoms with E-state index < -0.39 is 11.7 Å². The van der Waals surface area contributed by atoms with Crippen molar-refractivity contribution in [1.29, 1.82) is 0 Å². The van der Waals surface area contributed by atoms with E-state index in [9.17, 15) is 14.7 Å². The third-order valence-corrected chi connectivity index (χ3v) is 2.31. The second kappa shape index (κ2) is 6.38. The predicted molar refractivity (Wildman–Crippen MR) is 76.0 cm³/mol. The van der Waals surface area contributed by atoms with Crippen molar-refractivity contribution in [2.45, 2.75) is 32.8 Å². The number of Topliss-reactive ketones (excluding diaryl/α,β-unsaturated/α-hetero) is 1. The molecular weight excluding hydrogens is 260 g/mol. The summed E-state index contributed by atoms with van der Waals surface area (Å²) in [5, 5.41) is 12.2. The van der Waals surface area contributed by atoms with Gasteiger partial charge in [0, 0.05) is 12.1 Å². The molecule has 110 valence electrons. The van der Waals surface area contributed by atoms with Crippen LogP contribution in [0.5, 0.6) is 5.75 Å². The van der Waals surface area contributed by atoms with Crippen molar-refractivity contribution in [2.24, 2.45) is 5.73 Å². The number of anilines is 1. The van der Waals surface area contributed by atoms with Crippen LogP contribution in [0, 0.1) is 0 Å². The molecule has 1 rings (SSSR count). The number of amides is 1. The monoisotopic (exact) mass is 280 g/mol. The number of nitrogens with two attached hydrogens (primary N) is 1. The molecule has 1 amide bonds. The van der Waals surface area contributed by atoms with Crippen molar-refractivity contribution in [2.75, 3.05) is 11.9 Å². The van der Waals surface area contributed by atoms with Gasteiger partial charge in [-0.25, -0.2) is 4.79 Å². The predicted octanol–water partition coefficient (Wildman–Crippen LogP) is 2.27. The lowest BCUT2D eigenvalue weighted by Gasteiger charge is -2.19. The molecule has 0 saturated heterocycles. The maximum Gasteiger partial charge on any atom is 0.412 e. The molecule has 0 aliphatic heterocycles. The van der Waals surface area contributed by atoms with Crippen LogP contribution < -0.4 is 11.1 Å². The Morgan fingerprint density at radius 2 is 2.00 bits per heavy atom. The van der Waals surface area contributed by atoms with Crippen LogP contribution in [0.4, 0.5) is 10.5 Å². The summed E-state index contributed by atoms with van der Waals surface area (Å²) in [6.07, 6.45) is -0.496. The molecule has 0 aliphatic carbocycles. The van der Waals surface area contributed by atoms with Crippen LogP contribution in [0.2, 0.25) is 0 Å². The van der Waals surface area contributed by atoms with Crippen LogP contribution in [0.1, 0.15) is 37.6 Å². The number of phenols is 1. The molecule has 0 aliphatic rings. The van der Waals surface area contributed by atoms with Gasteiger partial charge in [0.05, 0.1) is 5.56 Å². The van der Waals surface area contributed by atoms with Crippen LogP contribution in [-0.4, -0.2) is 29.1 Å². The van der Waals surface area contributed by atoms with E-state index in [0.29, 0.717) is 5.69 Å². The van der Waals surface area contributed by atoms with E-state index in [2.05, 4.69) is 5.32 Å². The van der Waals surface area contributed by atoms with Gasteiger partial charge in [-0.3, -0.25) is 10.1 Å². The number of carbonyl (C=O) groups excluding carboxylic acids is 2. The molecule has 0 radical (unpaired) electrons. The highest BCUT2D eigenvalue weighted by Gasteiger charge is 2.17. The van der Waals surface area contributed by atoms with Crippen molar-refractivity contribution in [1.82, 2.24) is 0 Å². The van der Waals surface area contributed by atoms with Gasteiger partial charge in [-0.15, -0.1) is 0 Å². The van der Waals surface area contributed by atoms with E-state index in [1.165, 1.54) is 18.2 Å². The summed E-state index contributed by atoms with van der Waals surface area (Å²) >= 11 is 0. The highest BCUT2D eigenvalue weighted by molar-refractivity contribution is 6.00. The summed E-state index contributed by atoms with van der Waals surface area (Å²) in [5.41, 5.74) is 5.20. The van der Waals surface area contributed by atoms with Crippen LogP contribution in [0.3, 0.4) is 0 Å². The van der Waals surface area contributed by atoms with Gasteiger partial charge in [-0.05, 0) is 45.5 Å². The van der Waals surface area contributed by atoms with E-state index in [1.807, 2.05) is 0 Å². The Morgan fingerprint density at radius 3 is 2.55 bits per heavy atom. The minimum Gasteiger partial charge on any atom is -0.507 e. The molecule has 0 fully saturated rings. The molecule has 6 nitrogen and oxygen atoms in total. The maximum atomic E-state index is 11.7. The molecule has 0 heterocycles. The summed E-state index contributed by atoms with van der Waals surface area (Å²) < 4.78 is 5.10. The lowest BCUT2D eigenvalue weighted by molar-refractivity contribution is 0.0635. The first-order valence-electron chi connectivity index (χ1n) is 6.29. The fourth-order valence-electron chi connectivity index (χ4n) is 1.52. The van der Waals surface area contributed by atoms with Crippen molar-refractivity contribution in [3.63, 3.8) is 0 Å². The number of ether oxygens (including phenoxy) is 1. The molecule has 6 heteroatoms. The number of aromatic hydroxyl groups is 1. The van der Waals surface area contributed by atoms with Crippen LogP contribution in [0.25, 0.3) is 0 Å². The Morgan fingerprint density at radius 1 is 1.35 bits per heavy atom. The van der Waals surface area contributed by atoms with Gasteiger partial charge in [-0.1, -0.05) is 0 Å². The van der Waals surface area contributed by atoms with Gasteiger partial charge in [0.25, 0.3) is 0 Å². The highest BCUT2D eigenvalue weighted by Crippen LogP contribution is 2.23. The highest BCUT2D eigenvalue weighted by atomic mass is 16.6. The fourth-order valence-corrected chi connectivity index (χ4v) is 1.52. The second-order valence-corrected chi connectivity index (χ2v) is 5.32. The fraction of sp³-hybridized carbons (Fsp3) is 0.429. The Labute approximate surface area is 117 Å². The largest absolute Gasteiger partial charge is 0.507 e. The lowest BCUT2D eigenvalue weighted by Crippen LogP contribution is -2.27. The molecule has 0 bridgehead atoms. The zero-order valence-corrected chi connectivity index (χ0v) is 11.9. The van der Waals surface area contributed by atoms with Gasteiger partial charge < -0.3 is 15.6 Å². The SMILES string of the molecule is CC(C)(C)OC(=O)Nc1ccc(O)c(C(=O)CCN)c1. The molecule has 0 spiro atoms. The zero-order chi connectivity index (χ0) is 15.3. The summed E-state index contributed by atoms with van der Waals surface area (Å²) in [7, 11) is 0. The Balaban J connectivity index is 2.85. The first-order chi connectivity index (χ1) is 9.23. The van der Waals surface area contributed by atoms with Crippen molar-refractivity contribution in [3.05, 3.63) is 23.8 Å². The minimum atomic E-state index is -0.625. The van der Waals surface area contributed by atoms with Gasteiger partial charge >= 0.3 is 6.09 Å². The molecule has 0 unspecified atom stereocenters.